The van der Waals surface area contributed by atoms with Crippen molar-refractivity contribution < 1.29 is 29.2 Å². The molecule has 0 unspecified atom stereocenters. The van der Waals surface area contributed by atoms with Gasteiger partial charge in [0.05, 0.1) is 31.8 Å². The fourth-order valence-electron chi connectivity index (χ4n) is 4.31. The molecule has 1 rings (SSSR count). The Bertz CT molecular complexity index is 903. The fourth-order valence-corrected chi connectivity index (χ4v) is 4.31. The maximum Gasteiger partial charge on any atom is 0.224 e. The molecule has 0 fully saturated rings. The van der Waals surface area contributed by atoms with Gasteiger partial charge >= 0.3 is 0 Å². The average molecular weight is 551 g/mol. The van der Waals surface area contributed by atoms with Crippen LogP contribution in [0.4, 0.5) is 0 Å². The van der Waals surface area contributed by atoms with Crippen molar-refractivity contribution in [3.63, 3.8) is 0 Å². The van der Waals surface area contributed by atoms with E-state index in [1.165, 1.54) is 0 Å². The molecule has 9 nitrogen and oxygen atoms in total. The van der Waals surface area contributed by atoms with Crippen LogP contribution in [0.2, 0.25) is 0 Å². The molecule has 0 aliphatic heterocycles. The summed E-state index contributed by atoms with van der Waals surface area (Å²) in [6.07, 6.45) is 1.49. The summed E-state index contributed by atoms with van der Waals surface area (Å²) in [6.45, 7) is 12.6. The van der Waals surface area contributed by atoms with Gasteiger partial charge in [0.1, 0.15) is 0 Å². The Labute approximate surface area is 235 Å². The lowest BCUT2D eigenvalue weighted by Gasteiger charge is -2.33. The molecule has 0 aliphatic rings. The van der Waals surface area contributed by atoms with E-state index in [2.05, 4.69) is 18.8 Å². The third-order valence-electron chi connectivity index (χ3n) is 7.40. The summed E-state index contributed by atoms with van der Waals surface area (Å²) in [5.41, 5.74) is 12.1. The van der Waals surface area contributed by atoms with Crippen LogP contribution >= 0.6 is 0 Å². The minimum atomic E-state index is -0.910. The van der Waals surface area contributed by atoms with E-state index in [-0.39, 0.29) is 30.7 Å². The number of nitrogens with zero attached hydrogens (tertiary/aromatic N) is 1. The standard InChI is InChI=1S/C30H53N3O6/c1-19(2)22(14-21-10-11-26(38-8)27(15-21)39-13-9-12-37-7)16-24(31)25(34)17-23(20(3)4)28(35)33-18-30(5,6)29(32)36/h10-11,15,19-20,22-25,34H,9,12-14,16-18,31H2,1-8H3,(H2,32,36)(H,33,35)/p-1/t22-,23-,24-,25-/m0/s1. The van der Waals surface area contributed by atoms with E-state index >= 15 is 0 Å². The van der Waals surface area contributed by atoms with Crippen LogP contribution in [0.15, 0.2) is 23.2 Å². The van der Waals surface area contributed by atoms with Crippen molar-refractivity contribution in [3.05, 3.63) is 23.8 Å². The van der Waals surface area contributed by atoms with Crippen LogP contribution in [0.1, 0.15) is 66.4 Å². The van der Waals surface area contributed by atoms with Crippen LogP contribution in [0.5, 0.6) is 11.5 Å². The number of carbonyl (C=O) groups is 1. The van der Waals surface area contributed by atoms with E-state index < -0.39 is 29.4 Å². The van der Waals surface area contributed by atoms with Gasteiger partial charge in [-0.05, 0) is 80.4 Å². The summed E-state index contributed by atoms with van der Waals surface area (Å²) in [7, 11) is 3.29. The number of benzene rings is 1. The van der Waals surface area contributed by atoms with Crippen LogP contribution in [-0.4, -0.2) is 63.0 Å². The summed E-state index contributed by atoms with van der Waals surface area (Å²) >= 11 is 0. The molecule has 0 aliphatic carbocycles. The molecular weight excluding hydrogens is 498 g/mol. The Morgan fingerprint density at radius 2 is 1.74 bits per heavy atom. The van der Waals surface area contributed by atoms with Gasteiger partial charge in [0.2, 0.25) is 5.91 Å². The maximum atomic E-state index is 12.9. The number of amides is 1. The van der Waals surface area contributed by atoms with E-state index in [4.69, 9.17) is 25.7 Å². The highest BCUT2D eigenvalue weighted by molar-refractivity contribution is 5.81. The third kappa shape index (κ3) is 11.7. The smallest absolute Gasteiger partial charge is 0.224 e. The molecule has 0 spiro atoms. The minimum absolute atomic E-state index is 0.0158. The van der Waals surface area contributed by atoms with Gasteiger partial charge in [-0.3, -0.25) is 4.79 Å². The molecule has 0 saturated heterocycles. The van der Waals surface area contributed by atoms with Crippen molar-refractivity contribution in [3.8, 4) is 11.5 Å². The molecule has 0 bridgehead atoms. The topological polar surface area (TPSA) is 152 Å². The normalized spacial score (nSPS) is 15.7. The summed E-state index contributed by atoms with van der Waals surface area (Å²) in [6, 6.07) is 5.44. The first kappa shape index (κ1) is 34.7. The van der Waals surface area contributed by atoms with Crippen LogP contribution < -0.4 is 26.0 Å². The van der Waals surface area contributed by atoms with E-state index in [0.29, 0.717) is 37.1 Å². The van der Waals surface area contributed by atoms with Crippen LogP contribution in [0, 0.1) is 29.1 Å². The average Bonchev–Trinajstić information content (AvgIpc) is 2.87. The molecule has 9 heteroatoms. The van der Waals surface area contributed by atoms with Crippen molar-refractivity contribution in [1.82, 2.24) is 0 Å². The number of aliphatic hydroxyl groups excluding tert-OH is 1. The van der Waals surface area contributed by atoms with Crippen molar-refractivity contribution in [2.24, 2.45) is 45.5 Å². The Morgan fingerprint density at radius 3 is 2.28 bits per heavy atom. The van der Waals surface area contributed by atoms with E-state index in [1.807, 2.05) is 32.0 Å². The van der Waals surface area contributed by atoms with Gasteiger partial charge in [-0.25, -0.2) is 0 Å². The number of primary amides is 1. The number of ether oxygens (including phenoxy) is 3. The molecule has 0 heterocycles. The maximum absolute atomic E-state index is 12.9. The first-order valence-corrected chi connectivity index (χ1v) is 14.0. The first-order chi connectivity index (χ1) is 18.2. The van der Waals surface area contributed by atoms with E-state index in [1.54, 1.807) is 28.1 Å². The van der Waals surface area contributed by atoms with Crippen LogP contribution in [0.25, 0.3) is 0 Å². The van der Waals surface area contributed by atoms with E-state index in [0.717, 1.165) is 18.4 Å². The number of methoxy groups -OCH3 is 2. The highest BCUT2D eigenvalue weighted by Crippen LogP contribution is 2.32. The van der Waals surface area contributed by atoms with Crippen LogP contribution in [0.3, 0.4) is 0 Å². The number of hydrogen-bond donors (Lipinski definition) is 3. The predicted molar refractivity (Wildman–Crippen MR) is 154 cm³/mol. The fraction of sp³-hybridized carbons (Fsp3) is 0.733. The molecular formula is C30H52N3O6-. The van der Waals surface area contributed by atoms with Gasteiger partial charge < -0.3 is 40.9 Å². The number of aliphatic imine (C=N–C) groups is 1. The lowest BCUT2D eigenvalue weighted by atomic mass is 9.81. The zero-order valence-electron chi connectivity index (χ0n) is 25.2. The number of rotatable bonds is 19. The zero-order valence-corrected chi connectivity index (χ0v) is 25.2. The van der Waals surface area contributed by atoms with Crippen molar-refractivity contribution >= 4 is 11.8 Å². The molecule has 1 aromatic rings. The Balaban J connectivity index is 2.92. The lowest BCUT2D eigenvalue weighted by Crippen LogP contribution is -2.43. The van der Waals surface area contributed by atoms with Crippen molar-refractivity contribution in [2.45, 2.75) is 79.4 Å². The molecule has 0 radical (unpaired) electrons. The Morgan fingerprint density at radius 1 is 1.08 bits per heavy atom. The quantitative estimate of drug-likeness (QED) is 0.136. The van der Waals surface area contributed by atoms with Crippen molar-refractivity contribution in [1.29, 1.82) is 0 Å². The first-order valence-electron chi connectivity index (χ1n) is 14.0. The van der Waals surface area contributed by atoms with Gasteiger partial charge in [-0.2, -0.15) is 0 Å². The summed E-state index contributed by atoms with van der Waals surface area (Å²) in [5, 5.41) is 23.9. The molecule has 1 aromatic carbocycles. The third-order valence-corrected chi connectivity index (χ3v) is 7.40. The lowest BCUT2D eigenvalue weighted by molar-refractivity contribution is -0.227. The molecule has 0 saturated carbocycles. The van der Waals surface area contributed by atoms with Gasteiger partial charge in [0, 0.05) is 26.2 Å². The molecule has 0 aromatic heterocycles. The number of aliphatic hydroxyl groups is 1. The SMILES string of the molecule is COCCCOc1cc(C[C@@H](C[C@H](N)[C@@H](O)C[C@H](C([O-])=NCC(C)(C)C(N)=O)C(C)C)C(C)C)ccc1OC. The van der Waals surface area contributed by atoms with Crippen molar-refractivity contribution in [2.75, 3.05) is 34.0 Å². The molecule has 224 valence electrons. The molecule has 39 heavy (non-hydrogen) atoms. The zero-order chi connectivity index (χ0) is 29.8. The highest BCUT2D eigenvalue weighted by atomic mass is 16.5. The predicted octanol–water partition coefficient (Wildman–Crippen LogP) is 2.94. The number of nitrogens with two attached hydrogens (primary N) is 2. The second-order valence-electron chi connectivity index (χ2n) is 11.8. The second-order valence-corrected chi connectivity index (χ2v) is 11.8. The summed E-state index contributed by atoms with van der Waals surface area (Å²) in [5.74, 6) is 0.529. The molecule has 1 amide bonds. The highest BCUT2D eigenvalue weighted by Gasteiger charge is 2.28. The summed E-state index contributed by atoms with van der Waals surface area (Å²) in [4.78, 5) is 15.7. The minimum Gasteiger partial charge on any atom is -0.862 e. The van der Waals surface area contributed by atoms with Gasteiger partial charge in [-0.15, -0.1) is 0 Å². The summed E-state index contributed by atoms with van der Waals surface area (Å²) < 4.78 is 16.5. The Hall–Kier alpha value is -2.36. The molecule has 5 N–H and O–H groups in total. The number of hydrogen-bond acceptors (Lipinski definition) is 8. The van der Waals surface area contributed by atoms with E-state index in [9.17, 15) is 15.0 Å². The van der Waals surface area contributed by atoms with Gasteiger partial charge in [0.25, 0.3) is 0 Å². The van der Waals surface area contributed by atoms with Gasteiger partial charge in [0.15, 0.2) is 11.5 Å². The largest absolute Gasteiger partial charge is 0.862 e. The Kier molecular flexibility index (Phi) is 14.8. The van der Waals surface area contributed by atoms with Gasteiger partial charge in [-0.1, -0.05) is 33.8 Å². The molecule has 4 atom stereocenters. The monoisotopic (exact) mass is 550 g/mol. The number of carbonyl (C=O) groups excluding carboxylic acids is 1. The van der Waals surface area contributed by atoms with Crippen LogP contribution in [-0.2, 0) is 16.0 Å². The second kappa shape index (κ2) is 16.7.